The molecule has 0 aliphatic carbocycles. The number of benzene rings is 1. The van der Waals surface area contributed by atoms with Gasteiger partial charge in [0.25, 0.3) is 5.91 Å². The molecule has 0 spiro atoms. The lowest BCUT2D eigenvalue weighted by Gasteiger charge is -2.24. The van der Waals surface area contributed by atoms with Crippen LogP contribution in [0.15, 0.2) is 24.3 Å². The highest BCUT2D eigenvalue weighted by molar-refractivity contribution is 5.97. The van der Waals surface area contributed by atoms with Crippen LogP contribution in [0.5, 0.6) is 0 Å². The Balaban J connectivity index is 2.13. The first-order valence-electron chi connectivity index (χ1n) is 6.85. The van der Waals surface area contributed by atoms with Crippen LogP contribution < -0.4 is 0 Å². The number of carbonyl (C=O) groups is 2. The number of carboxylic acids is 1. The van der Waals surface area contributed by atoms with E-state index < -0.39 is 5.97 Å². The Bertz CT molecular complexity index is 500. The fourth-order valence-corrected chi connectivity index (χ4v) is 2.48. The maximum absolute atomic E-state index is 12.5. The zero-order valence-corrected chi connectivity index (χ0v) is 11.5. The van der Waals surface area contributed by atoms with Crippen molar-refractivity contribution in [3.05, 3.63) is 35.4 Å². The van der Waals surface area contributed by atoms with E-state index in [1.54, 1.807) is 17.0 Å². The molecule has 1 amide bonds. The van der Waals surface area contributed by atoms with E-state index in [2.05, 4.69) is 0 Å². The summed E-state index contributed by atoms with van der Waals surface area (Å²) in [7, 11) is 0. The van der Waals surface area contributed by atoms with Crippen LogP contribution in [0.2, 0.25) is 0 Å². The first-order chi connectivity index (χ1) is 9.63. The molecule has 0 saturated carbocycles. The molecule has 0 bridgehead atoms. The van der Waals surface area contributed by atoms with Crippen molar-refractivity contribution in [1.82, 2.24) is 4.90 Å². The number of likely N-dealkylation sites (tertiary alicyclic amines) is 1. The minimum Gasteiger partial charge on any atom is -0.478 e. The molecule has 0 unspecified atom stereocenters. The van der Waals surface area contributed by atoms with Gasteiger partial charge in [-0.05, 0) is 38.0 Å². The topological polar surface area (TPSA) is 66.8 Å². The smallest absolute Gasteiger partial charge is 0.335 e. The molecular formula is C15H19NO4. The highest BCUT2D eigenvalue weighted by Crippen LogP contribution is 2.21. The van der Waals surface area contributed by atoms with E-state index in [1.807, 2.05) is 6.92 Å². The van der Waals surface area contributed by atoms with Crippen LogP contribution >= 0.6 is 0 Å². The molecule has 5 heteroatoms. The molecule has 1 heterocycles. The first kappa shape index (κ1) is 14.5. The van der Waals surface area contributed by atoms with E-state index >= 15 is 0 Å². The van der Waals surface area contributed by atoms with Crippen LogP contribution in [0.4, 0.5) is 0 Å². The summed E-state index contributed by atoms with van der Waals surface area (Å²) in [6.07, 6.45) is 1.90. The normalized spacial score (nSPS) is 18.2. The molecule has 1 aliphatic heterocycles. The van der Waals surface area contributed by atoms with Gasteiger partial charge in [0.15, 0.2) is 0 Å². The molecule has 1 aromatic carbocycles. The van der Waals surface area contributed by atoms with Crippen molar-refractivity contribution in [3.63, 3.8) is 0 Å². The van der Waals surface area contributed by atoms with E-state index in [-0.39, 0.29) is 17.5 Å². The molecule has 2 rings (SSSR count). The first-order valence-corrected chi connectivity index (χ1v) is 6.85. The number of carbonyl (C=O) groups excluding carboxylic acids is 1. The zero-order valence-electron chi connectivity index (χ0n) is 11.5. The number of carboxylic acid groups (broad SMARTS) is 1. The number of hydrogen-bond acceptors (Lipinski definition) is 3. The fraction of sp³-hybridized carbons (Fsp3) is 0.467. The summed E-state index contributed by atoms with van der Waals surface area (Å²) in [5.74, 6) is -1.14. The highest BCUT2D eigenvalue weighted by Gasteiger charge is 2.29. The Morgan fingerprint density at radius 1 is 1.40 bits per heavy atom. The summed E-state index contributed by atoms with van der Waals surface area (Å²) in [6, 6.07) is 6.27. The third-order valence-corrected chi connectivity index (χ3v) is 3.51. The van der Waals surface area contributed by atoms with Gasteiger partial charge >= 0.3 is 5.97 Å². The van der Waals surface area contributed by atoms with Crippen LogP contribution in [0.3, 0.4) is 0 Å². The predicted octanol–water partition coefficient (Wildman–Crippen LogP) is 2.03. The molecule has 108 valence electrons. The minimum atomic E-state index is -1.02. The van der Waals surface area contributed by atoms with E-state index in [0.717, 1.165) is 12.8 Å². The number of aromatic carboxylic acids is 1. The summed E-state index contributed by atoms with van der Waals surface area (Å²) in [4.78, 5) is 25.2. The maximum atomic E-state index is 12.5. The van der Waals surface area contributed by atoms with Gasteiger partial charge in [0.05, 0.1) is 18.2 Å². The van der Waals surface area contributed by atoms with E-state index in [9.17, 15) is 9.59 Å². The van der Waals surface area contributed by atoms with Gasteiger partial charge in [-0.25, -0.2) is 4.79 Å². The predicted molar refractivity (Wildman–Crippen MR) is 74.0 cm³/mol. The molecule has 1 saturated heterocycles. The van der Waals surface area contributed by atoms with Crippen molar-refractivity contribution >= 4 is 11.9 Å². The molecule has 1 aromatic rings. The van der Waals surface area contributed by atoms with Crippen LogP contribution in [-0.4, -0.2) is 47.7 Å². The van der Waals surface area contributed by atoms with Gasteiger partial charge in [-0.1, -0.05) is 6.07 Å². The number of nitrogens with zero attached hydrogens (tertiary/aromatic N) is 1. The van der Waals surface area contributed by atoms with Crippen molar-refractivity contribution in [2.45, 2.75) is 25.8 Å². The number of hydrogen-bond donors (Lipinski definition) is 1. The van der Waals surface area contributed by atoms with Crippen molar-refractivity contribution in [1.29, 1.82) is 0 Å². The van der Waals surface area contributed by atoms with Gasteiger partial charge < -0.3 is 14.7 Å². The van der Waals surface area contributed by atoms with Gasteiger partial charge in [-0.3, -0.25) is 4.79 Å². The van der Waals surface area contributed by atoms with Gasteiger partial charge in [0.1, 0.15) is 0 Å². The molecule has 1 aliphatic rings. The van der Waals surface area contributed by atoms with E-state index in [4.69, 9.17) is 9.84 Å². The van der Waals surface area contributed by atoms with Crippen molar-refractivity contribution < 1.29 is 19.4 Å². The summed E-state index contributed by atoms with van der Waals surface area (Å²) in [5, 5.41) is 8.98. The Hall–Kier alpha value is -1.88. The average Bonchev–Trinajstić information content (AvgIpc) is 2.92. The minimum absolute atomic E-state index is 0.0935. The lowest BCUT2D eigenvalue weighted by Crippen LogP contribution is -2.38. The molecule has 1 fully saturated rings. The van der Waals surface area contributed by atoms with E-state index in [0.29, 0.717) is 25.3 Å². The average molecular weight is 277 g/mol. The van der Waals surface area contributed by atoms with E-state index in [1.165, 1.54) is 12.1 Å². The van der Waals surface area contributed by atoms with Crippen LogP contribution in [0.1, 0.15) is 40.5 Å². The second-order valence-electron chi connectivity index (χ2n) is 4.84. The number of ether oxygens (including phenoxy) is 1. The SMILES string of the molecule is CCOC[C@H]1CCCN1C(=O)c1cccc(C(=O)O)c1. The fourth-order valence-electron chi connectivity index (χ4n) is 2.48. The molecule has 5 nitrogen and oxygen atoms in total. The molecule has 1 atom stereocenters. The van der Waals surface area contributed by atoms with Crippen molar-refractivity contribution in [3.8, 4) is 0 Å². The maximum Gasteiger partial charge on any atom is 0.335 e. The lowest BCUT2D eigenvalue weighted by atomic mass is 10.1. The zero-order chi connectivity index (χ0) is 14.5. The van der Waals surface area contributed by atoms with Gasteiger partial charge in [0.2, 0.25) is 0 Å². The van der Waals surface area contributed by atoms with Gasteiger partial charge in [-0.15, -0.1) is 0 Å². The van der Waals surface area contributed by atoms with Crippen LogP contribution in [-0.2, 0) is 4.74 Å². The molecule has 20 heavy (non-hydrogen) atoms. The second-order valence-corrected chi connectivity index (χ2v) is 4.84. The summed E-state index contributed by atoms with van der Waals surface area (Å²) >= 11 is 0. The quantitative estimate of drug-likeness (QED) is 0.894. The summed E-state index contributed by atoms with van der Waals surface area (Å²) in [6.45, 7) is 3.80. The van der Waals surface area contributed by atoms with Crippen LogP contribution in [0, 0.1) is 0 Å². The highest BCUT2D eigenvalue weighted by atomic mass is 16.5. The largest absolute Gasteiger partial charge is 0.478 e. The summed E-state index contributed by atoms with van der Waals surface area (Å²) in [5.41, 5.74) is 0.560. The Morgan fingerprint density at radius 2 is 2.15 bits per heavy atom. The molecule has 1 N–H and O–H groups in total. The molecule has 0 radical (unpaired) electrons. The summed E-state index contributed by atoms with van der Waals surface area (Å²) < 4.78 is 5.41. The second kappa shape index (κ2) is 6.52. The number of amides is 1. The standard InChI is InChI=1S/C15H19NO4/c1-2-20-10-13-7-4-8-16(13)14(17)11-5-3-6-12(9-11)15(18)19/h3,5-6,9,13H,2,4,7-8,10H2,1H3,(H,18,19)/t13-/m1/s1. The number of rotatable bonds is 5. The van der Waals surface area contributed by atoms with Crippen LogP contribution in [0.25, 0.3) is 0 Å². The molecule has 0 aromatic heterocycles. The van der Waals surface area contributed by atoms with Crippen molar-refractivity contribution in [2.75, 3.05) is 19.8 Å². The molecular weight excluding hydrogens is 258 g/mol. The van der Waals surface area contributed by atoms with Gasteiger partial charge in [0, 0.05) is 18.7 Å². The third-order valence-electron chi connectivity index (χ3n) is 3.51. The monoisotopic (exact) mass is 277 g/mol. The lowest BCUT2D eigenvalue weighted by molar-refractivity contribution is 0.0564. The third kappa shape index (κ3) is 3.17. The van der Waals surface area contributed by atoms with Gasteiger partial charge in [-0.2, -0.15) is 0 Å². The van der Waals surface area contributed by atoms with Crippen molar-refractivity contribution in [2.24, 2.45) is 0 Å². The Kier molecular flexibility index (Phi) is 4.74. The Morgan fingerprint density at radius 3 is 2.85 bits per heavy atom. The Labute approximate surface area is 118 Å².